The first-order valence-electron chi connectivity index (χ1n) is 3.90. The third kappa shape index (κ3) is 2.83. The monoisotopic (exact) mass is 218 g/mol. The van der Waals surface area contributed by atoms with Crippen molar-refractivity contribution in [1.29, 1.82) is 0 Å². The van der Waals surface area contributed by atoms with Crippen LogP contribution < -0.4 is 0 Å². The van der Waals surface area contributed by atoms with Gasteiger partial charge in [0.15, 0.2) is 4.90 Å². The Labute approximate surface area is 83.0 Å². The van der Waals surface area contributed by atoms with Crippen LogP contribution in [0.1, 0.15) is 0 Å². The second-order valence-corrected chi connectivity index (χ2v) is 7.90. The van der Waals surface area contributed by atoms with Gasteiger partial charge in [-0.05, 0) is 48.0 Å². The van der Waals surface area contributed by atoms with Crippen LogP contribution in [0, 0.1) is 0 Å². The van der Waals surface area contributed by atoms with Crippen LogP contribution in [0.5, 0.6) is 0 Å². The summed E-state index contributed by atoms with van der Waals surface area (Å²) < 4.78 is 22.7. The lowest BCUT2D eigenvalue weighted by Gasteiger charge is -2.12. The molecular weight excluding hydrogens is 204 g/mol. The third-order valence-electron chi connectivity index (χ3n) is 1.79. The second kappa shape index (κ2) is 3.82. The van der Waals surface area contributed by atoms with E-state index in [2.05, 4.69) is 0 Å². The molecule has 1 aromatic rings. The maximum atomic E-state index is 11.6. The van der Waals surface area contributed by atoms with Crippen LogP contribution in [0.15, 0.2) is 34.1 Å². The molecule has 0 saturated heterocycles. The highest BCUT2D eigenvalue weighted by Crippen LogP contribution is 2.16. The normalized spacial score (nSPS) is 15.4. The highest BCUT2D eigenvalue weighted by molar-refractivity contribution is 8.01. The van der Waals surface area contributed by atoms with E-state index in [1.807, 2.05) is 0 Å². The van der Waals surface area contributed by atoms with Gasteiger partial charge in [-0.15, -0.1) is 0 Å². The summed E-state index contributed by atoms with van der Waals surface area (Å²) in [5.41, 5.74) is 0. The molecule has 0 aliphatic rings. The number of rotatable bonds is 2. The first-order valence-corrected chi connectivity index (χ1v) is 8.06. The molecule has 1 unspecified atom stereocenters. The summed E-state index contributed by atoms with van der Waals surface area (Å²) >= 11 is -0.954. The zero-order valence-corrected chi connectivity index (χ0v) is 9.69. The van der Waals surface area contributed by atoms with Gasteiger partial charge in [-0.25, -0.2) is 0 Å². The molecular formula is C9H14O2S2. The van der Waals surface area contributed by atoms with E-state index in [-0.39, 0.29) is 0 Å². The van der Waals surface area contributed by atoms with E-state index >= 15 is 0 Å². The van der Waals surface area contributed by atoms with E-state index in [0.717, 1.165) is 9.79 Å². The standard InChI is InChI=1S/C9H14O2S2/c1-12(10)8-4-6-9(7-5-8)13(2,3)11/h4-7,13H,1-3H3. The Kier molecular flexibility index (Phi) is 3.16. The van der Waals surface area contributed by atoms with Crippen molar-refractivity contribution in [3.63, 3.8) is 0 Å². The van der Waals surface area contributed by atoms with E-state index in [4.69, 9.17) is 0 Å². The van der Waals surface area contributed by atoms with Crippen LogP contribution in [-0.2, 0) is 21.1 Å². The quantitative estimate of drug-likeness (QED) is 0.595. The van der Waals surface area contributed by atoms with Crippen molar-refractivity contribution in [2.24, 2.45) is 0 Å². The smallest absolute Gasteiger partial charge is 0.152 e. The fraction of sp³-hybridized carbons (Fsp3) is 0.333. The zero-order chi connectivity index (χ0) is 10.1. The summed E-state index contributed by atoms with van der Waals surface area (Å²) in [7, 11) is -2.17. The van der Waals surface area contributed by atoms with E-state index in [1.54, 1.807) is 43.0 Å². The minimum atomic E-state index is -2.17. The van der Waals surface area contributed by atoms with Gasteiger partial charge in [0.2, 0.25) is 0 Å². The van der Waals surface area contributed by atoms with Gasteiger partial charge in [0, 0.05) is 4.90 Å². The molecule has 1 rings (SSSR count). The van der Waals surface area contributed by atoms with Gasteiger partial charge < -0.3 is 4.55 Å². The van der Waals surface area contributed by atoms with Crippen molar-refractivity contribution in [2.75, 3.05) is 18.8 Å². The molecule has 74 valence electrons. The summed E-state index contributed by atoms with van der Waals surface area (Å²) in [5, 5.41) is 0. The first kappa shape index (κ1) is 10.8. The minimum absolute atomic E-state index is 0.775. The lowest BCUT2D eigenvalue weighted by molar-refractivity contribution is 0.600. The fourth-order valence-electron chi connectivity index (χ4n) is 0.997. The lowest BCUT2D eigenvalue weighted by atomic mass is 10.4. The van der Waals surface area contributed by atoms with Gasteiger partial charge in [-0.1, -0.05) is 9.93 Å². The minimum Gasteiger partial charge on any atom is -0.612 e. The Morgan fingerprint density at radius 2 is 1.69 bits per heavy atom. The Bertz CT molecular complexity index is 324. The van der Waals surface area contributed by atoms with Crippen molar-refractivity contribution in [1.82, 2.24) is 0 Å². The largest absolute Gasteiger partial charge is 0.612 e. The van der Waals surface area contributed by atoms with E-state index < -0.39 is 21.1 Å². The maximum Gasteiger partial charge on any atom is 0.152 e. The zero-order valence-electron chi connectivity index (χ0n) is 7.98. The van der Waals surface area contributed by atoms with Gasteiger partial charge in [-0.2, -0.15) is 0 Å². The molecule has 1 aromatic carbocycles. The average molecular weight is 218 g/mol. The summed E-state index contributed by atoms with van der Waals surface area (Å²) in [6.07, 6.45) is 5.09. The Balaban J connectivity index is 3.01. The van der Waals surface area contributed by atoms with Crippen molar-refractivity contribution >= 4 is 21.1 Å². The molecule has 0 radical (unpaired) electrons. The fourth-order valence-corrected chi connectivity index (χ4v) is 2.38. The number of hydrogen-bond acceptors (Lipinski definition) is 2. The highest BCUT2D eigenvalue weighted by atomic mass is 32.2. The Morgan fingerprint density at radius 1 is 1.23 bits per heavy atom. The molecule has 2 nitrogen and oxygen atoms in total. The number of thiol groups is 1. The van der Waals surface area contributed by atoms with Gasteiger partial charge in [0.1, 0.15) is 6.26 Å². The summed E-state index contributed by atoms with van der Waals surface area (Å²) in [6.45, 7) is 0. The van der Waals surface area contributed by atoms with Gasteiger partial charge in [0.05, 0.1) is 0 Å². The van der Waals surface area contributed by atoms with E-state index in [1.165, 1.54) is 0 Å². The molecule has 0 amide bonds. The van der Waals surface area contributed by atoms with Crippen LogP contribution in [0.3, 0.4) is 0 Å². The lowest BCUT2D eigenvalue weighted by Crippen LogP contribution is -2.06. The predicted molar refractivity (Wildman–Crippen MR) is 58.4 cm³/mol. The van der Waals surface area contributed by atoms with Crippen molar-refractivity contribution in [3.05, 3.63) is 24.3 Å². The van der Waals surface area contributed by atoms with Crippen LogP contribution >= 0.6 is 0 Å². The van der Waals surface area contributed by atoms with Crippen molar-refractivity contribution in [3.8, 4) is 0 Å². The van der Waals surface area contributed by atoms with Crippen LogP contribution in [-0.4, -0.2) is 27.5 Å². The first-order chi connectivity index (χ1) is 5.91. The topological polar surface area (TPSA) is 40.1 Å². The summed E-state index contributed by atoms with van der Waals surface area (Å²) in [4.78, 5) is 1.61. The molecule has 0 aromatic heterocycles. The van der Waals surface area contributed by atoms with Gasteiger partial charge in [0.25, 0.3) is 0 Å². The van der Waals surface area contributed by atoms with Crippen LogP contribution in [0.25, 0.3) is 0 Å². The highest BCUT2D eigenvalue weighted by Gasteiger charge is 2.07. The van der Waals surface area contributed by atoms with Gasteiger partial charge >= 0.3 is 0 Å². The Morgan fingerprint density at radius 3 is 2.00 bits per heavy atom. The number of hydrogen-bond donors (Lipinski definition) is 1. The average Bonchev–Trinajstić information content (AvgIpc) is 2.03. The molecule has 1 atom stereocenters. The molecule has 0 fully saturated rings. The maximum absolute atomic E-state index is 11.6. The number of benzene rings is 1. The molecule has 0 bridgehead atoms. The van der Waals surface area contributed by atoms with E-state index in [0.29, 0.717) is 0 Å². The third-order valence-corrected chi connectivity index (χ3v) is 4.27. The molecule has 0 aliphatic heterocycles. The molecule has 4 heteroatoms. The molecule has 13 heavy (non-hydrogen) atoms. The van der Waals surface area contributed by atoms with Crippen LogP contribution in [0.4, 0.5) is 0 Å². The molecule has 0 N–H and O–H groups in total. The second-order valence-electron chi connectivity index (χ2n) is 3.30. The van der Waals surface area contributed by atoms with Crippen molar-refractivity contribution in [2.45, 2.75) is 9.79 Å². The summed E-state index contributed by atoms with van der Waals surface area (Å²) in [6, 6.07) is 7.12. The van der Waals surface area contributed by atoms with Crippen LogP contribution in [0.2, 0.25) is 0 Å². The van der Waals surface area contributed by atoms with Gasteiger partial charge in [-0.3, -0.25) is 4.21 Å². The molecule has 0 spiro atoms. The SMILES string of the molecule is C[S+]([O-])c1ccc([SH](C)(C)=O)cc1. The Hall–Kier alpha value is -0.320. The predicted octanol–water partition coefficient (Wildman–Crippen LogP) is 1.06. The van der Waals surface area contributed by atoms with E-state index in [9.17, 15) is 8.76 Å². The summed E-state index contributed by atoms with van der Waals surface area (Å²) in [5.74, 6) is 0. The molecule has 0 heterocycles. The van der Waals surface area contributed by atoms with Crippen molar-refractivity contribution < 1.29 is 8.76 Å². The molecule has 0 saturated carbocycles. The molecule has 0 aliphatic carbocycles.